The second-order valence-electron chi connectivity index (χ2n) is 6.79. The highest BCUT2D eigenvalue weighted by molar-refractivity contribution is 9.10. The highest BCUT2D eigenvalue weighted by Crippen LogP contribution is 2.35. The van der Waals surface area contributed by atoms with Crippen LogP contribution < -0.4 is 10.2 Å². The summed E-state index contributed by atoms with van der Waals surface area (Å²) < 4.78 is 1.65. The SMILES string of the molecule is CC1(C)CCN(c2ccc(CNC3CC3)cc2Br)CCS1. The summed E-state index contributed by atoms with van der Waals surface area (Å²) in [5.74, 6) is 1.21. The minimum atomic E-state index is 0.412. The first-order valence-electron chi connectivity index (χ1n) is 7.94. The summed E-state index contributed by atoms with van der Waals surface area (Å²) in [5.41, 5.74) is 2.73. The standard InChI is InChI=1S/C17H25BrN2S/c1-17(2)7-8-20(9-10-21-17)16-6-3-13(11-15(16)18)12-19-14-4-5-14/h3,6,11,14,19H,4-5,7-10,12H2,1-2H3. The molecule has 0 amide bonds. The number of thioether (sulfide) groups is 1. The number of benzene rings is 1. The zero-order valence-electron chi connectivity index (χ0n) is 13.0. The van der Waals surface area contributed by atoms with E-state index in [0.717, 1.165) is 25.7 Å². The Morgan fingerprint density at radius 1 is 1.33 bits per heavy atom. The van der Waals surface area contributed by atoms with Gasteiger partial charge in [0.25, 0.3) is 0 Å². The second-order valence-corrected chi connectivity index (χ2v) is 9.44. The average Bonchev–Trinajstić information content (AvgIpc) is 3.25. The Labute approximate surface area is 141 Å². The number of hydrogen-bond donors (Lipinski definition) is 1. The summed E-state index contributed by atoms with van der Waals surface area (Å²) in [6.07, 6.45) is 3.94. The summed E-state index contributed by atoms with van der Waals surface area (Å²) >= 11 is 5.88. The predicted molar refractivity (Wildman–Crippen MR) is 97.4 cm³/mol. The van der Waals surface area contributed by atoms with E-state index in [1.54, 1.807) is 0 Å². The quantitative estimate of drug-likeness (QED) is 0.846. The Kier molecular flexibility index (Phi) is 4.87. The van der Waals surface area contributed by atoms with Crippen molar-refractivity contribution in [2.24, 2.45) is 0 Å². The number of rotatable bonds is 4. The third-order valence-corrected chi connectivity index (χ3v) is 6.37. The van der Waals surface area contributed by atoms with Gasteiger partial charge in [0.2, 0.25) is 0 Å². The van der Waals surface area contributed by atoms with Gasteiger partial charge in [0, 0.05) is 40.6 Å². The van der Waals surface area contributed by atoms with Crippen LogP contribution in [0.15, 0.2) is 22.7 Å². The molecule has 0 radical (unpaired) electrons. The van der Waals surface area contributed by atoms with Crippen LogP contribution in [0.25, 0.3) is 0 Å². The van der Waals surface area contributed by atoms with Crippen LogP contribution in [0.5, 0.6) is 0 Å². The average molecular weight is 369 g/mol. The molecule has 1 saturated carbocycles. The van der Waals surface area contributed by atoms with Crippen LogP contribution >= 0.6 is 27.7 Å². The van der Waals surface area contributed by atoms with E-state index < -0.39 is 0 Å². The van der Waals surface area contributed by atoms with Gasteiger partial charge in [-0.25, -0.2) is 0 Å². The van der Waals surface area contributed by atoms with E-state index >= 15 is 0 Å². The Morgan fingerprint density at radius 3 is 2.86 bits per heavy atom. The molecule has 3 rings (SSSR count). The largest absolute Gasteiger partial charge is 0.370 e. The molecule has 2 nitrogen and oxygen atoms in total. The van der Waals surface area contributed by atoms with E-state index in [0.29, 0.717) is 4.75 Å². The zero-order valence-corrected chi connectivity index (χ0v) is 15.4. The highest BCUT2D eigenvalue weighted by Gasteiger charge is 2.24. The van der Waals surface area contributed by atoms with Crippen LogP contribution in [-0.4, -0.2) is 29.6 Å². The smallest absolute Gasteiger partial charge is 0.0511 e. The molecule has 1 aromatic carbocycles. The van der Waals surface area contributed by atoms with Gasteiger partial charge in [-0.2, -0.15) is 11.8 Å². The molecule has 0 unspecified atom stereocenters. The molecule has 2 aliphatic rings. The fourth-order valence-electron chi connectivity index (χ4n) is 2.73. The van der Waals surface area contributed by atoms with Gasteiger partial charge in [-0.05, 0) is 52.9 Å². The molecule has 116 valence electrons. The maximum Gasteiger partial charge on any atom is 0.0511 e. The minimum absolute atomic E-state index is 0.412. The third-order valence-electron chi connectivity index (χ3n) is 4.36. The van der Waals surface area contributed by atoms with Gasteiger partial charge < -0.3 is 10.2 Å². The normalized spacial score (nSPS) is 22.1. The molecule has 1 aromatic rings. The lowest BCUT2D eigenvalue weighted by Crippen LogP contribution is -2.27. The Bertz CT molecular complexity index is 500. The van der Waals surface area contributed by atoms with E-state index in [2.05, 4.69) is 70.0 Å². The van der Waals surface area contributed by atoms with E-state index in [4.69, 9.17) is 0 Å². The molecule has 2 fully saturated rings. The maximum absolute atomic E-state index is 3.78. The van der Waals surface area contributed by atoms with Gasteiger partial charge in [0.05, 0.1) is 5.69 Å². The van der Waals surface area contributed by atoms with Gasteiger partial charge in [-0.1, -0.05) is 19.9 Å². The maximum atomic E-state index is 3.78. The van der Waals surface area contributed by atoms with Crippen molar-refractivity contribution >= 4 is 33.4 Å². The molecule has 0 aromatic heterocycles. The Hall–Kier alpha value is -0.190. The van der Waals surface area contributed by atoms with Crippen molar-refractivity contribution in [1.29, 1.82) is 0 Å². The highest BCUT2D eigenvalue weighted by atomic mass is 79.9. The van der Waals surface area contributed by atoms with E-state index in [1.165, 1.54) is 40.7 Å². The summed E-state index contributed by atoms with van der Waals surface area (Å²) in [4.78, 5) is 2.53. The van der Waals surface area contributed by atoms with E-state index in [-0.39, 0.29) is 0 Å². The van der Waals surface area contributed by atoms with Crippen molar-refractivity contribution in [2.45, 2.75) is 50.4 Å². The topological polar surface area (TPSA) is 15.3 Å². The van der Waals surface area contributed by atoms with Crippen LogP contribution in [-0.2, 0) is 6.54 Å². The Balaban J connectivity index is 1.66. The molecule has 21 heavy (non-hydrogen) atoms. The fraction of sp³-hybridized carbons (Fsp3) is 0.647. The molecular weight excluding hydrogens is 344 g/mol. The first kappa shape index (κ1) is 15.7. The summed E-state index contributed by atoms with van der Waals surface area (Å²) in [6.45, 7) is 8.02. The van der Waals surface area contributed by atoms with Gasteiger partial charge in [-0.15, -0.1) is 0 Å². The van der Waals surface area contributed by atoms with Crippen LogP contribution in [0, 0.1) is 0 Å². The van der Waals surface area contributed by atoms with Crippen molar-refractivity contribution in [3.63, 3.8) is 0 Å². The second kappa shape index (κ2) is 6.51. The molecule has 0 atom stereocenters. The van der Waals surface area contributed by atoms with Crippen LogP contribution in [0.3, 0.4) is 0 Å². The third kappa shape index (κ3) is 4.40. The van der Waals surface area contributed by atoms with Gasteiger partial charge in [-0.3, -0.25) is 0 Å². The van der Waals surface area contributed by atoms with Crippen LogP contribution in [0.2, 0.25) is 0 Å². The number of halogens is 1. The summed E-state index contributed by atoms with van der Waals surface area (Å²) in [5, 5.41) is 3.58. The van der Waals surface area contributed by atoms with Crippen molar-refractivity contribution in [3.05, 3.63) is 28.2 Å². The molecule has 1 aliphatic heterocycles. The van der Waals surface area contributed by atoms with Crippen molar-refractivity contribution in [1.82, 2.24) is 5.32 Å². The van der Waals surface area contributed by atoms with Gasteiger partial charge in [0.15, 0.2) is 0 Å². The molecule has 1 N–H and O–H groups in total. The van der Waals surface area contributed by atoms with Crippen molar-refractivity contribution in [2.75, 3.05) is 23.7 Å². The number of anilines is 1. The zero-order chi connectivity index (χ0) is 14.9. The predicted octanol–water partition coefficient (Wildman–Crippen LogP) is 4.42. The number of hydrogen-bond acceptors (Lipinski definition) is 3. The first-order chi connectivity index (χ1) is 10.0. The summed E-state index contributed by atoms with van der Waals surface area (Å²) in [6, 6.07) is 7.62. The monoisotopic (exact) mass is 368 g/mol. The minimum Gasteiger partial charge on any atom is -0.370 e. The molecule has 1 heterocycles. The van der Waals surface area contributed by atoms with E-state index in [1.807, 2.05) is 0 Å². The fourth-order valence-corrected chi connectivity index (χ4v) is 4.50. The lowest BCUT2D eigenvalue weighted by atomic mass is 10.1. The molecule has 4 heteroatoms. The lowest BCUT2D eigenvalue weighted by Gasteiger charge is -2.25. The molecule has 0 spiro atoms. The number of nitrogens with one attached hydrogen (secondary N) is 1. The number of nitrogens with zero attached hydrogens (tertiary/aromatic N) is 1. The van der Waals surface area contributed by atoms with E-state index in [9.17, 15) is 0 Å². The van der Waals surface area contributed by atoms with Gasteiger partial charge in [0.1, 0.15) is 0 Å². The molecule has 1 aliphatic carbocycles. The van der Waals surface area contributed by atoms with Gasteiger partial charge >= 0.3 is 0 Å². The molecular formula is C17H25BrN2S. The van der Waals surface area contributed by atoms with Crippen molar-refractivity contribution < 1.29 is 0 Å². The Morgan fingerprint density at radius 2 is 2.14 bits per heavy atom. The molecule has 1 saturated heterocycles. The summed E-state index contributed by atoms with van der Waals surface area (Å²) in [7, 11) is 0. The van der Waals surface area contributed by atoms with Crippen molar-refractivity contribution in [3.8, 4) is 0 Å². The van der Waals surface area contributed by atoms with Crippen LogP contribution in [0.4, 0.5) is 5.69 Å². The first-order valence-corrected chi connectivity index (χ1v) is 9.72. The molecule has 0 bridgehead atoms. The van der Waals surface area contributed by atoms with Crippen LogP contribution in [0.1, 0.15) is 38.7 Å². The lowest BCUT2D eigenvalue weighted by molar-refractivity contribution is 0.637.